The van der Waals surface area contributed by atoms with Crippen molar-refractivity contribution >= 4 is 27.5 Å². The maximum atomic E-state index is 11.9. The summed E-state index contributed by atoms with van der Waals surface area (Å²) in [4.78, 5) is 11.9. The van der Waals surface area contributed by atoms with E-state index < -0.39 is 0 Å². The number of rotatable bonds is 4. The van der Waals surface area contributed by atoms with Gasteiger partial charge in [-0.25, -0.2) is 0 Å². The number of amides is 1. The number of aromatic nitrogens is 1. The van der Waals surface area contributed by atoms with E-state index in [-0.39, 0.29) is 18.2 Å². The number of carbonyl (C=O) groups excluding carboxylic acids is 1. The summed E-state index contributed by atoms with van der Waals surface area (Å²) in [7, 11) is 1.54. The first kappa shape index (κ1) is 12.8. The van der Waals surface area contributed by atoms with Crippen molar-refractivity contribution in [2.75, 3.05) is 12.4 Å². The van der Waals surface area contributed by atoms with Crippen molar-refractivity contribution in [1.29, 1.82) is 0 Å². The van der Waals surface area contributed by atoms with Crippen molar-refractivity contribution in [3.63, 3.8) is 0 Å². The van der Waals surface area contributed by atoms with Crippen LogP contribution >= 0.6 is 15.9 Å². The summed E-state index contributed by atoms with van der Waals surface area (Å²) < 4.78 is 10.6. The second-order valence-corrected chi connectivity index (χ2v) is 4.40. The Morgan fingerprint density at radius 2 is 2.28 bits per heavy atom. The number of hydrogen-bond acceptors (Lipinski definition) is 4. The normalized spacial score (nSPS) is 10.3. The molecule has 0 saturated carbocycles. The van der Waals surface area contributed by atoms with Gasteiger partial charge in [-0.15, -0.1) is 0 Å². The quantitative estimate of drug-likeness (QED) is 0.943. The Labute approximate surface area is 112 Å². The third-order valence-corrected chi connectivity index (χ3v) is 2.89. The third-order valence-electron chi connectivity index (χ3n) is 2.20. The van der Waals surface area contributed by atoms with Crippen molar-refractivity contribution in [3.8, 4) is 0 Å². The van der Waals surface area contributed by atoms with Crippen LogP contribution in [0, 0.1) is 0 Å². The van der Waals surface area contributed by atoms with E-state index in [4.69, 9.17) is 9.26 Å². The molecule has 0 aliphatic rings. The molecule has 2 aromatic rings. The highest BCUT2D eigenvalue weighted by molar-refractivity contribution is 9.10. The van der Waals surface area contributed by atoms with Crippen LogP contribution in [0.3, 0.4) is 0 Å². The van der Waals surface area contributed by atoms with E-state index in [2.05, 4.69) is 26.4 Å². The van der Waals surface area contributed by atoms with E-state index >= 15 is 0 Å². The van der Waals surface area contributed by atoms with Crippen LogP contribution in [0.5, 0.6) is 0 Å². The fraction of sp³-hybridized carbons (Fsp3) is 0.167. The molecule has 0 radical (unpaired) electrons. The summed E-state index contributed by atoms with van der Waals surface area (Å²) in [5.74, 6) is 0.183. The van der Waals surface area contributed by atoms with Gasteiger partial charge >= 0.3 is 0 Å². The van der Waals surface area contributed by atoms with Gasteiger partial charge in [0.25, 0.3) is 5.91 Å². The number of nitrogens with zero attached hydrogens (tertiary/aromatic N) is 1. The topological polar surface area (TPSA) is 64.4 Å². The predicted octanol–water partition coefficient (Wildman–Crippen LogP) is 2.84. The Balaban J connectivity index is 2.10. The highest BCUT2D eigenvalue weighted by Crippen LogP contribution is 2.21. The summed E-state index contributed by atoms with van der Waals surface area (Å²) in [5, 5.41) is 6.41. The molecule has 1 aromatic heterocycles. The minimum absolute atomic E-state index is 0.220. The minimum Gasteiger partial charge on any atom is -0.377 e. The standard InChI is InChI=1S/C12H11BrN2O3/c1-17-7-8-6-11(15-18-8)12(16)14-10-5-3-2-4-9(10)13/h2-6H,7H2,1H3,(H,14,16). The van der Waals surface area contributed by atoms with Crippen LogP contribution in [0.1, 0.15) is 16.2 Å². The Kier molecular flexibility index (Phi) is 4.11. The van der Waals surface area contributed by atoms with Gasteiger partial charge in [0, 0.05) is 17.6 Å². The molecule has 1 heterocycles. The largest absolute Gasteiger partial charge is 0.377 e. The summed E-state index contributed by atoms with van der Waals surface area (Å²) >= 11 is 3.35. The highest BCUT2D eigenvalue weighted by atomic mass is 79.9. The van der Waals surface area contributed by atoms with Gasteiger partial charge in [-0.1, -0.05) is 17.3 Å². The molecular weight excluding hydrogens is 300 g/mol. The van der Waals surface area contributed by atoms with Crippen molar-refractivity contribution < 1.29 is 14.1 Å². The van der Waals surface area contributed by atoms with E-state index in [1.165, 1.54) is 0 Å². The molecular formula is C12H11BrN2O3. The van der Waals surface area contributed by atoms with Gasteiger partial charge in [-0.2, -0.15) is 0 Å². The molecule has 0 bridgehead atoms. The molecule has 94 valence electrons. The van der Waals surface area contributed by atoms with Crippen molar-refractivity contribution in [2.24, 2.45) is 0 Å². The summed E-state index contributed by atoms with van der Waals surface area (Å²) in [6.07, 6.45) is 0. The van der Waals surface area contributed by atoms with Gasteiger partial charge in [0.05, 0.1) is 5.69 Å². The van der Waals surface area contributed by atoms with Crippen LogP contribution in [-0.2, 0) is 11.3 Å². The van der Waals surface area contributed by atoms with Gasteiger partial charge in [0.1, 0.15) is 6.61 Å². The van der Waals surface area contributed by atoms with Crippen molar-refractivity contribution in [1.82, 2.24) is 5.16 Å². The summed E-state index contributed by atoms with van der Waals surface area (Å²) in [6.45, 7) is 0.287. The SMILES string of the molecule is COCc1cc(C(=O)Nc2ccccc2Br)no1. The van der Waals surface area contributed by atoms with Gasteiger partial charge in [0.15, 0.2) is 11.5 Å². The Morgan fingerprint density at radius 1 is 1.50 bits per heavy atom. The second-order valence-electron chi connectivity index (χ2n) is 3.55. The Morgan fingerprint density at radius 3 is 3.00 bits per heavy atom. The van der Waals surface area contributed by atoms with Crippen LogP contribution in [0.4, 0.5) is 5.69 Å². The minimum atomic E-state index is -0.326. The van der Waals surface area contributed by atoms with E-state index in [0.717, 1.165) is 4.47 Å². The number of para-hydroxylation sites is 1. The first-order chi connectivity index (χ1) is 8.70. The lowest BCUT2D eigenvalue weighted by molar-refractivity contribution is 0.101. The molecule has 0 spiro atoms. The molecule has 6 heteroatoms. The molecule has 0 aliphatic carbocycles. The number of halogens is 1. The Bertz CT molecular complexity index is 554. The maximum Gasteiger partial charge on any atom is 0.277 e. The molecule has 0 atom stereocenters. The molecule has 5 nitrogen and oxygen atoms in total. The zero-order valence-corrected chi connectivity index (χ0v) is 11.2. The number of hydrogen-bond donors (Lipinski definition) is 1. The molecule has 2 rings (SSSR count). The van der Waals surface area contributed by atoms with Gasteiger partial charge in [0.2, 0.25) is 0 Å². The fourth-order valence-corrected chi connectivity index (χ4v) is 1.76. The molecule has 1 N–H and O–H groups in total. The Hall–Kier alpha value is -1.66. The smallest absolute Gasteiger partial charge is 0.277 e. The maximum absolute atomic E-state index is 11.9. The number of methoxy groups -OCH3 is 1. The third kappa shape index (κ3) is 2.96. The number of anilines is 1. The predicted molar refractivity (Wildman–Crippen MR) is 69.3 cm³/mol. The zero-order chi connectivity index (χ0) is 13.0. The molecule has 1 amide bonds. The lowest BCUT2D eigenvalue weighted by atomic mass is 10.3. The number of nitrogens with one attached hydrogen (secondary N) is 1. The summed E-state index contributed by atoms with van der Waals surface area (Å²) in [6, 6.07) is 8.88. The summed E-state index contributed by atoms with van der Waals surface area (Å²) in [5.41, 5.74) is 0.900. The number of ether oxygens (including phenoxy) is 1. The molecule has 0 aliphatic heterocycles. The first-order valence-corrected chi connectivity index (χ1v) is 6.00. The highest BCUT2D eigenvalue weighted by Gasteiger charge is 2.13. The lowest BCUT2D eigenvalue weighted by Gasteiger charge is -2.04. The van der Waals surface area contributed by atoms with Gasteiger partial charge in [-0.05, 0) is 28.1 Å². The van der Waals surface area contributed by atoms with Gasteiger partial charge in [-0.3, -0.25) is 4.79 Å². The van der Waals surface area contributed by atoms with E-state index in [1.807, 2.05) is 18.2 Å². The number of carbonyl (C=O) groups is 1. The average molecular weight is 311 g/mol. The van der Waals surface area contributed by atoms with Crippen molar-refractivity contribution in [2.45, 2.75) is 6.61 Å². The monoisotopic (exact) mass is 310 g/mol. The first-order valence-electron chi connectivity index (χ1n) is 5.21. The van der Waals surface area contributed by atoms with E-state index in [1.54, 1.807) is 19.2 Å². The lowest BCUT2D eigenvalue weighted by Crippen LogP contribution is -2.12. The molecule has 0 fully saturated rings. The zero-order valence-electron chi connectivity index (χ0n) is 9.64. The second kappa shape index (κ2) is 5.79. The van der Waals surface area contributed by atoms with E-state index in [9.17, 15) is 4.79 Å². The van der Waals surface area contributed by atoms with Crippen LogP contribution in [0.25, 0.3) is 0 Å². The molecule has 0 saturated heterocycles. The molecule has 18 heavy (non-hydrogen) atoms. The average Bonchev–Trinajstić information content (AvgIpc) is 2.81. The number of benzene rings is 1. The fourth-order valence-electron chi connectivity index (χ4n) is 1.38. The van der Waals surface area contributed by atoms with Crippen LogP contribution in [0.15, 0.2) is 39.3 Å². The van der Waals surface area contributed by atoms with Crippen LogP contribution in [0.2, 0.25) is 0 Å². The van der Waals surface area contributed by atoms with Crippen molar-refractivity contribution in [3.05, 3.63) is 46.3 Å². The van der Waals surface area contributed by atoms with Gasteiger partial charge < -0.3 is 14.6 Å². The molecule has 0 unspecified atom stereocenters. The van der Waals surface area contributed by atoms with Crippen LogP contribution < -0.4 is 5.32 Å². The van der Waals surface area contributed by atoms with E-state index in [0.29, 0.717) is 11.4 Å². The van der Waals surface area contributed by atoms with Crippen LogP contribution in [-0.4, -0.2) is 18.2 Å². The molecule has 1 aromatic carbocycles.